The van der Waals surface area contributed by atoms with Gasteiger partial charge in [-0.25, -0.2) is 5.84 Å². The highest BCUT2D eigenvalue weighted by molar-refractivity contribution is 6.31. The smallest absolute Gasteiger partial charge is 0.267 e. The van der Waals surface area contributed by atoms with Crippen molar-refractivity contribution in [3.05, 3.63) is 28.8 Å². The van der Waals surface area contributed by atoms with E-state index in [1.807, 2.05) is 5.43 Å². The van der Waals surface area contributed by atoms with Crippen molar-refractivity contribution < 1.29 is 9.59 Å². The summed E-state index contributed by atoms with van der Waals surface area (Å²) in [6.07, 6.45) is 0.469. The van der Waals surface area contributed by atoms with Crippen LogP contribution in [0.3, 0.4) is 0 Å². The van der Waals surface area contributed by atoms with Gasteiger partial charge in [0.1, 0.15) is 0 Å². The molecule has 0 spiro atoms. The van der Waals surface area contributed by atoms with Crippen LogP contribution in [0, 0.1) is 0 Å². The third-order valence-corrected chi connectivity index (χ3v) is 1.81. The van der Waals surface area contributed by atoms with E-state index in [1.54, 1.807) is 6.07 Å². The maximum absolute atomic E-state index is 11.2. The number of halogens is 1. The third kappa shape index (κ3) is 2.21. The SMILES string of the molecule is NNC(=O)c1cc(Cl)ccc1NC=O. The molecule has 0 aromatic heterocycles. The molecule has 6 heteroatoms. The highest BCUT2D eigenvalue weighted by Gasteiger charge is 2.10. The molecule has 5 nitrogen and oxygen atoms in total. The average Bonchev–Trinajstić information content (AvgIpc) is 2.20. The summed E-state index contributed by atoms with van der Waals surface area (Å²) in [7, 11) is 0. The number of anilines is 1. The summed E-state index contributed by atoms with van der Waals surface area (Å²) >= 11 is 5.68. The highest BCUT2D eigenvalue weighted by Crippen LogP contribution is 2.19. The normalized spacial score (nSPS) is 9.29. The van der Waals surface area contributed by atoms with Crippen LogP contribution in [0.15, 0.2) is 18.2 Å². The Morgan fingerprint density at radius 3 is 2.79 bits per heavy atom. The Labute approximate surface area is 85.2 Å². The number of hydrazine groups is 1. The Bertz CT molecular complexity index is 368. The van der Waals surface area contributed by atoms with E-state index in [0.29, 0.717) is 17.1 Å². The van der Waals surface area contributed by atoms with Crippen LogP contribution in [0.5, 0.6) is 0 Å². The first-order chi connectivity index (χ1) is 6.69. The lowest BCUT2D eigenvalue weighted by molar-refractivity contribution is -0.105. The van der Waals surface area contributed by atoms with E-state index in [1.165, 1.54) is 12.1 Å². The van der Waals surface area contributed by atoms with Gasteiger partial charge in [-0.3, -0.25) is 15.0 Å². The Morgan fingerprint density at radius 1 is 1.50 bits per heavy atom. The van der Waals surface area contributed by atoms with E-state index < -0.39 is 5.91 Å². The number of rotatable bonds is 3. The van der Waals surface area contributed by atoms with Gasteiger partial charge in [-0.1, -0.05) is 11.6 Å². The standard InChI is InChI=1S/C8H8ClN3O2/c9-5-1-2-7(11-4-13)6(3-5)8(14)12-10/h1-4H,10H2,(H,11,13)(H,12,14). The molecule has 1 aromatic carbocycles. The van der Waals surface area contributed by atoms with Gasteiger partial charge < -0.3 is 5.32 Å². The Kier molecular flexibility index (Phi) is 3.44. The fraction of sp³-hybridized carbons (Fsp3) is 0. The molecular formula is C8H8ClN3O2. The molecule has 0 atom stereocenters. The van der Waals surface area contributed by atoms with Crippen LogP contribution in [0.1, 0.15) is 10.4 Å². The van der Waals surface area contributed by atoms with Crippen molar-refractivity contribution >= 4 is 29.6 Å². The summed E-state index contributed by atoms with van der Waals surface area (Å²) in [4.78, 5) is 21.4. The number of nitrogen functional groups attached to an aromatic ring is 1. The van der Waals surface area contributed by atoms with Crippen molar-refractivity contribution in [1.82, 2.24) is 5.43 Å². The quantitative estimate of drug-likeness (QED) is 0.296. The number of amides is 2. The van der Waals surface area contributed by atoms with E-state index in [9.17, 15) is 9.59 Å². The second-order valence-corrected chi connectivity index (χ2v) is 2.86. The third-order valence-electron chi connectivity index (χ3n) is 1.57. The van der Waals surface area contributed by atoms with Gasteiger partial charge in [0.25, 0.3) is 5.91 Å². The van der Waals surface area contributed by atoms with Crippen molar-refractivity contribution in [3.63, 3.8) is 0 Å². The lowest BCUT2D eigenvalue weighted by atomic mass is 10.1. The Hall–Kier alpha value is -1.59. The molecule has 1 rings (SSSR count). The van der Waals surface area contributed by atoms with Gasteiger partial charge in [0, 0.05) is 5.02 Å². The molecule has 0 fully saturated rings. The molecule has 0 aliphatic heterocycles. The van der Waals surface area contributed by atoms with Crippen LogP contribution in [0.2, 0.25) is 5.02 Å². The molecular weight excluding hydrogens is 206 g/mol. The molecule has 0 aliphatic carbocycles. The van der Waals surface area contributed by atoms with E-state index in [0.717, 1.165) is 0 Å². The predicted octanol–water partition coefficient (Wildman–Crippen LogP) is 0.512. The number of nitrogens with two attached hydrogens (primary N) is 1. The van der Waals surface area contributed by atoms with Crippen LogP contribution in [-0.4, -0.2) is 12.3 Å². The van der Waals surface area contributed by atoms with Crippen molar-refractivity contribution in [2.45, 2.75) is 0 Å². The molecule has 1 aromatic rings. The molecule has 0 aliphatic rings. The van der Waals surface area contributed by atoms with E-state index >= 15 is 0 Å². The minimum atomic E-state index is -0.517. The number of hydrogen-bond acceptors (Lipinski definition) is 3. The van der Waals surface area contributed by atoms with Gasteiger partial charge in [-0.05, 0) is 18.2 Å². The van der Waals surface area contributed by atoms with Gasteiger partial charge >= 0.3 is 0 Å². The van der Waals surface area contributed by atoms with Crippen LogP contribution in [0.4, 0.5) is 5.69 Å². The van der Waals surface area contributed by atoms with Crippen molar-refractivity contribution in [1.29, 1.82) is 0 Å². The van der Waals surface area contributed by atoms with Crippen molar-refractivity contribution in [2.24, 2.45) is 5.84 Å². The highest BCUT2D eigenvalue weighted by atomic mass is 35.5. The maximum atomic E-state index is 11.2. The fourth-order valence-electron chi connectivity index (χ4n) is 0.971. The van der Waals surface area contributed by atoms with Crippen LogP contribution >= 0.6 is 11.6 Å². The van der Waals surface area contributed by atoms with Crippen LogP contribution in [0.25, 0.3) is 0 Å². The number of carbonyl (C=O) groups excluding carboxylic acids is 2. The second-order valence-electron chi connectivity index (χ2n) is 2.43. The molecule has 74 valence electrons. The topological polar surface area (TPSA) is 84.2 Å². The molecule has 0 bridgehead atoms. The van der Waals surface area contributed by atoms with E-state index in [2.05, 4.69) is 5.32 Å². The molecule has 4 N–H and O–H groups in total. The van der Waals surface area contributed by atoms with Crippen LogP contribution < -0.4 is 16.6 Å². The molecule has 0 saturated heterocycles. The molecule has 0 unspecified atom stereocenters. The summed E-state index contributed by atoms with van der Waals surface area (Å²) < 4.78 is 0. The van der Waals surface area contributed by atoms with Gasteiger partial charge in [-0.15, -0.1) is 0 Å². The Balaban J connectivity index is 3.14. The Morgan fingerprint density at radius 2 is 2.21 bits per heavy atom. The minimum Gasteiger partial charge on any atom is -0.328 e. The summed E-state index contributed by atoms with van der Waals surface area (Å²) in [6, 6.07) is 4.48. The monoisotopic (exact) mass is 213 g/mol. The van der Waals surface area contributed by atoms with Gasteiger partial charge in [0.2, 0.25) is 6.41 Å². The predicted molar refractivity (Wildman–Crippen MR) is 52.8 cm³/mol. The zero-order valence-electron chi connectivity index (χ0n) is 7.08. The molecule has 0 heterocycles. The van der Waals surface area contributed by atoms with Gasteiger partial charge in [0.05, 0.1) is 11.3 Å². The second kappa shape index (κ2) is 4.59. The first kappa shape index (κ1) is 10.5. The first-order valence-electron chi connectivity index (χ1n) is 3.69. The number of carbonyl (C=O) groups is 2. The summed E-state index contributed by atoms with van der Waals surface area (Å²) in [5.74, 6) is 4.44. The molecule has 2 amide bonds. The summed E-state index contributed by atoms with van der Waals surface area (Å²) in [6.45, 7) is 0. The first-order valence-corrected chi connectivity index (χ1v) is 4.07. The van der Waals surface area contributed by atoms with E-state index in [-0.39, 0.29) is 5.56 Å². The average molecular weight is 214 g/mol. The lowest BCUT2D eigenvalue weighted by Crippen LogP contribution is -2.30. The molecule has 0 saturated carbocycles. The fourth-order valence-corrected chi connectivity index (χ4v) is 1.14. The van der Waals surface area contributed by atoms with Crippen molar-refractivity contribution in [2.75, 3.05) is 5.32 Å². The van der Waals surface area contributed by atoms with E-state index in [4.69, 9.17) is 17.4 Å². The number of benzene rings is 1. The zero-order chi connectivity index (χ0) is 10.6. The number of hydrogen-bond donors (Lipinski definition) is 3. The zero-order valence-corrected chi connectivity index (χ0v) is 7.84. The van der Waals surface area contributed by atoms with Crippen molar-refractivity contribution in [3.8, 4) is 0 Å². The summed E-state index contributed by atoms with van der Waals surface area (Å²) in [5.41, 5.74) is 2.52. The number of nitrogens with one attached hydrogen (secondary N) is 2. The van der Waals surface area contributed by atoms with Crippen LogP contribution in [-0.2, 0) is 4.79 Å². The summed E-state index contributed by atoms with van der Waals surface area (Å²) in [5, 5.41) is 2.75. The minimum absolute atomic E-state index is 0.215. The maximum Gasteiger partial charge on any atom is 0.267 e. The van der Waals surface area contributed by atoms with Gasteiger partial charge in [0.15, 0.2) is 0 Å². The molecule has 0 radical (unpaired) electrons. The lowest BCUT2D eigenvalue weighted by Gasteiger charge is -2.06. The molecule has 14 heavy (non-hydrogen) atoms. The largest absolute Gasteiger partial charge is 0.328 e. The van der Waals surface area contributed by atoms with Gasteiger partial charge in [-0.2, -0.15) is 0 Å².